The average Bonchev–Trinajstić information content (AvgIpc) is 3.62. The minimum absolute atomic E-state index is 0.0143. The van der Waals surface area contributed by atoms with Crippen molar-refractivity contribution < 1.29 is 24.1 Å². The molecule has 3 heterocycles. The van der Waals surface area contributed by atoms with Gasteiger partial charge in [-0.3, -0.25) is 14.6 Å². The van der Waals surface area contributed by atoms with Crippen LogP contribution in [-0.2, 0) is 13.1 Å². The zero-order valence-corrected chi connectivity index (χ0v) is 28.2. The standard InChI is InChI=1S/C31H41BrN6O5S/c1-19-15-38(30(40)22-10-26(41-3)29(43-5)27(11-22)42-4)20(2)14-36(19)18-28-34-31(44-35-28)33-13-24-12-25(39)17-37(24)16-21-6-8-23(32)9-7-21/h6-11,19-20,24-25,39H,12-18H2,1-5H3,(H,33,34,35)/t19-,20-,24-,25+/m0/s1. The number of hydrogen-bond acceptors (Lipinski definition) is 11. The molecule has 11 nitrogen and oxygen atoms in total. The molecule has 0 saturated carbocycles. The Labute approximate surface area is 271 Å². The maximum Gasteiger partial charge on any atom is 0.254 e. The molecule has 0 bridgehead atoms. The van der Waals surface area contributed by atoms with Gasteiger partial charge in [-0.25, -0.2) is 4.98 Å². The molecule has 0 unspecified atom stereocenters. The minimum atomic E-state index is -0.329. The third kappa shape index (κ3) is 7.45. The number of carbonyl (C=O) groups excluding carboxylic acids is 1. The molecule has 3 aromatic rings. The van der Waals surface area contributed by atoms with Gasteiger partial charge < -0.3 is 29.5 Å². The number of aliphatic hydroxyl groups excluding tert-OH is 1. The highest BCUT2D eigenvalue weighted by Crippen LogP contribution is 2.39. The fourth-order valence-electron chi connectivity index (χ4n) is 6.04. The van der Waals surface area contributed by atoms with Crippen LogP contribution in [0.2, 0.25) is 0 Å². The average molecular weight is 690 g/mol. The van der Waals surface area contributed by atoms with E-state index in [2.05, 4.69) is 61.4 Å². The van der Waals surface area contributed by atoms with E-state index in [1.165, 1.54) is 17.1 Å². The highest BCUT2D eigenvalue weighted by Gasteiger charge is 2.34. The molecule has 0 radical (unpaired) electrons. The molecular weight excluding hydrogens is 648 g/mol. The number of likely N-dealkylation sites (tertiary alicyclic amines) is 1. The third-order valence-corrected chi connectivity index (χ3v) is 9.63. The van der Waals surface area contributed by atoms with Crippen molar-refractivity contribution in [1.82, 2.24) is 24.1 Å². The highest BCUT2D eigenvalue weighted by atomic mass is 79.9. The zero-order valence-electron chi connectivity index (χ0n) is 25.8. The molecule has 1 aromatic heterocycles. The molecule has 2 aromatic carbocycles. The number of methoxy groups -OCH3 is 3. The highest BCUT2D eigenvalue weighted by molar-refractivity contribution is 9.10. The van der Waals surface area contributed by atoms with E-state index in [4.69, 9.17) is 19.2 Å². The molecule has 4 atom stereocenters. The van der Waals surface area contributed by atoms with Gasteiger partial charge in [0.2, 0.25) is 10.9 Å². The van der Waals surface area contributed by atoms with E-state index in [0.717, 1.165) is 28.4 Å². The second-order valence-electron chi connectivity index (χ2n) is 11.5. The minimum Gasteiger partial charge on any atom is -0.493 e. The van der Waals surface area contributed by atoms with Gasteiger partial charge in [0.15, 0.2) is 17.3 Å². The van der Waals surface area contributed by atoms with E-state index in [0.29, 0.717) is 55.5 Å². The van der Waals surface area contributed by atoms with Crippen molar-refractivity contribution in [3.8, 4) is 17.2 Å². The Morgan fingerprint density at radius 2 is 1.70 bits per heavy atom. The number of anilines is 1. The van der Waals surface area contributed by atoms with Gasteiger partial charge in [0.05, 0.1) is 34.0 Å². The molecule has 2 aliphatic heterocycles. The number of piperazine rings is 1. The number of β-amino-alcohol motifs (C(OH)–C–C–N with tert-alkyl or cyclic N) is 1. The van der Waals surface area contributed by atoms with E-state index in [-0.39, 0.29) is 30.1 Å². The summed E-state index contributed by atoms with van der Waals surface area (Å²) >= 11 is 4.85. The van der Waals surface area contributed by atoms with Crippen molar-refractivity contribution in [3.63, 3.8) is 0 Å². The van der Waals surface area contributed by atoms with Crippen LogP contribution < -0.4 is 19.5 Å². The summed E-state index contributed by atoms with van der Waals surface area (Å²) in [6.07, 6.45) is 0.397. The van der Waals surface area contributed by atoms with Gasteiger partial charge in [-0.05, 0) is 50.1 Å². The second kappa shape index (κ2) is 14.4. The van der Waals surface area contributed by atoms with Crippen molar-refractivity contribution in [3.05, 3.63) is 57.8 Å². The smallest absolute Gasteiger partial charge is 0.254 e. The number of halogens is 1. The first-order valence-electron chi connectivity index (χ1n) is 14.8. The summed E-state index contributed by atoms with van der Waals surface area (Å²) < 4.78 is 22.0. The maximum absolute atomic E-state index is 13.6. The van der Waals surface area contributed by atoms with Crippen LogP contribution in [-0.4, -0.2) is 107 Å². The van der Waals surface area contributed by atoms with E-state index < -0.39 is 0 Å². The Morgan fingerprint density at radius 3 is 2.36 bits per heavy atom. The first-order valence-corrected chi connectivity index (χ1v) is 16.3. The number of amides is 1. The number of nitrogens with one attached hydrogen (secondary N) is 1. The summed E-state index contributed by atoms with van der Waals surface area (Å²) in [4.78, 5) is 24.9. The SMILES string of the molecule is COc1cc(C(=O)N2C[C@H](C)N(Cc3nsc(NC[C@@H]4C[C@@H](O)CN4Cc4ccc(Br)cc4)n3)C[C@@H]2C)cc(OC)c1OC. The van der Waals surface area contributed by atoms with Gasteiger partial charge in [0.1, 0.15) is 0 Å². The Bertz CT molecular complexity index is 1400. The number of carbonyl (C=O) groups is 1. The van der Waals surface area contributed by atoms with Gasteiger partial charge in [-0.1, -0.05) is 28.1 Å². The summed E-state index contributed by atoms with van der Waals surface area (Å²) in [5.41, 5.74) is 1.72. The fraction of sp³-hybridized carbons (Fsp3) is 0.516. The number of aromatic nitrogens is 2. The van der Waals surface area contributed by atoms with E-state index in [1.807, 2.05) is 17.0 Å². The van der Waals surface area contributed by atoms with Gasteiger partial charge in [0.25, 0.3) is 5.91 Å². The molecule has 1 amide bonds. The molecule has 2 N–H and O–H groups in total. The van der Waals surface area contributed by atoms with Crippen molar-refractivity contribution in [2.24, 2.45) is 0 Å². The largest absolute Gasteiger partial charge is 0.493 e. The quantitative estimate of drug-likeness (QED) is 0.305. The van der Waals surface area contributed by atoms with Crippen molar-refractivity contribution in [2.75, 3.05) is 52.8 Å². The summed E-state index contributed by atoms with van der Waals surface area (Å²) in [6.45, 7) is 8.21. The summed E-state index contributed by atoms with van der Waals surface area (Å²) in [7, 11) is 4.63. The number of ether oxygens (including phenoxy) is 3. The summed E-state index contributed by atoms with van der Waals surface area (Å²) in [5.74, 6) is 2.05. The van der Waals surface area contributed by atoms with E-state index >= 15 is 0 Å². The first kappa shape index (κ1) is 32.4. The van der Waals surface area contributed by atoms with Crippen LogP contribution in [0.25, 0.3) is 0 Å². The Balaban J connectivity index is 1.16. The number of hydrogen-bond donors (Lipinski definition) is 2. The van der Waals surface area contributed by atoms with Crippen LogP contribution in [0.3, 0.4) is 0 Å². The van der Waals surface area contributed by atoms with Gasteiger partial charge in [-0.2, -0.15) is 4.37 Å². The Kier molecular flexibility index (Phi) is 10.6. The number of aliphatic hydroxyl groups is 1. The number of benzene rings is 2. The number of nitrogens with zero attached hydrogens (tertiary/aromatic N) is 5. The van der Waals surface area contributed by atoms with Gasteiger partial charge in [0, 0.05) is 72.4 Å². The zero-order chi connectivity index (χ0) is 31.4. The lowest BCUT2D eigenvalue weighted by Crippen LogP contribution is -2.57. The van der Waals surface area contributed by atoms with Crippen LogP contribution in [0.15, 0.2) is 40.9 Å². The molecule has 0 aliphatic carbocycles. The molecule has 2 aliphatic rings. The third-order valence-electron chi connectivity index (χ3n) is 8.39. The van der Waals surface area contributed by atoms with E-state index in [9.17, 15) is 9.90 Å². The first-order chi connectivity index (χ1) is 21.2. The van der Waals surface area contributed by atoms with Crippen molar-refractivity contribution in [2.45, 2.75) is 57.6 Å². The molecular formula is C31H41BrN6O5S. The van der Waals surface area contributed by atoms with Crippen LogP contribution >= 0.6 is 27.5 Å². The van der Waals surface area contributed by atoms with Crippen molar-refractivity contribution in [1.29, 1.82) is 0 Å². The molecule has 44 heavy (non-hydrogen) atoms. The Morgan fingerprint density at radius 1 is 1.00 bits per heavy atom. The topological polar surface area (TPSA) is 113 Å². The monoisotopic (exact) mass is 688 g/mol. The normalized spacial score (nSPS) is 22.7. The van der Waals surface area contributed by atoms with Crippen LogP contribution in [0, 0.1) is 0 Å². The van der Waals surface area contributed by atoms with Crippen LogP contribution in [0.1, 0.15) is 42.0 Å². The number of rotatable bonds is 11. The molecule has 2 saturated heterocycles. The van der Waals surface area contributed by atoms with Gasteiger partial charge >= 0.3 is 0 Å². The molecule has 2 fully saturated rings. The lowest BCUT2D eigenvalue weighted by atomic mass is 10.1. The summed E-state index contributed by atoms with van der Waals surface area (Å²) in [6, 6.07) is 12.0. The van der Waals surface area contributed by atoms with Crippen LogP contribution in [0.4, 0.5) is 5.13 Å². The lowest BCUT2D eigenvalue weighted by Gasteiger charge is -2.43. The predicted molar refractivity (Wildman–Crippen MR) is 174 cm³/mol. The molecule has 0 spiro atoms. The Hall–Kier alpha value is -2.97. The molecule has 238 valence electrons. The van der Waals surface area contributed by atoms with Crippen LogP contribution in [0.5, 0.6) is 17.2 Å². The summed E-state index contributed by atoms with van der Waals surface area (Å²) in [5, 5.41) is 14.6. The second-order valence-corrected chi connectivity index (χ2v) is 13.2. The lowest BCUT2D eigenvalue weighted by molar-refractivity contribution is 0.0283. The molecule has 5 rings (SSSR count). The fourth-order valence-corrected chi connectivity index (χ4v) is 6.89. The molecule has 13 heteroatoms. The van der Waals surface area contributed by atoms with Gasteiger partial charge in [-0.15, -0.1) is 0 Å². The maximum atomic E-state index is 13.6. The van der Waals surface area contributed by atoms with E-state index in [1.54, 1.807) is 33.5 Å². The van der Waals surface area contributed by atoms with Crippen molar-refractivity contribution >= 4 is 38.5 Å². The predicted octanol–water partition coefficient (Wildman–Crippen LogP) is 4.11.